The number of benzene rings is 10. The largest absolute Gasteiger partial charge is 0.456 e. The number of nitrogens with zero attached hydrogens (tertiary/aromatic N) is 1. The van der Waals surface area contributed by atoms with Crippen molar-refractivity contribution in [2.24, 2.45) is 0 Å². The highest BCUT2D eigenvalue weighted by Crippen LogP contribution is 2.63. The molecule has 10 aromatic carbocycles. The maximum Gasteiger partial charge on any atom is 0.137 e. The summed E-state index contributed by atoms with van der Waals surface area (Å²) in [7, 11) is 0. The summed E-state index contributed by atoms with van der Waals surface area (Å²) >= 11 is 0. The highest BCUT2D eigenvalue weighted by atomic mass is 16.3. The summed E-state index contributed by atoms with van der Waals surface area (Å²) in [6.45, 7) is 0. The van der Waals surface area contributed by atoms with Gasteiger partial charge in [-0.2, -0.15) is 0 Å². The molecule has 12 aromatic rings. The van der Waals surface area contributed by atoms with E-state index in [4.69, 9.17) is 8.83 Å². The molecule has 64 heavy (non-hydrogen) atoms. The molecule has 0 amide bonds. The van der Waals surface area contributed by atoms with Gasteiger partial charge in [0.05, 0.1) is 11.1 Å². The predicted molar refractivity (Wildman–Crippen MR) is 263 cm³/mol. The smallest absolute Gasteiger partial charge is 0.137 e. The molecular weight excluding hydrogens is 779 g/mol. The second kappa shape index (κ2) is 13.3. The molecule has 1 spiro atoms. The van der Waals surface area contributed by atoms with Gasteiger partial charge >= 0.3 is 0 Å². The molecule has 0 bridgehead atoms. The van der Waals surface area contributed by atoms with Crippen LogP contribution in [0, 0.1) is 0 Å². The van der Waals surface area contributed by atoms with Crippen molar-refractivity contribution >= 4 is 60.9 Å². The molecule has 1 atom stereocenters. The quantitative estimate of drug-likeness (QED) is 0.177. The van der Waals surface area contributed by atoms with E-state index in [9.17, 15) is 0 Å². The fourth-order valence-electron chi connectivity index (χ4n) is 11.3. The first-order chi connectivity index (χ1) is 31.8. The zero-order valence-corrected chi connectivity index (χ0v) is 34.6. The van der Waals surface area contributed by atoms with Crippen LogP contribution in [-0.4, -0.2) is 0 Å². The number of anilines is 3. The van der Waals surface area contributed by atoms with Crippen LogP contribution in [0.2, 0.25) is 0 Å². The Hall–Kier alpha value is -8.40. The van der Waals surface area contributed by atoms with Crippen molar-refractivity contribution in [3.05, 3.63) is 247 Å². The number of hydrogen-bond donors (Lipinski definition) is 0. The standard InChI is InChI=1S/C61H37NO2/c1-2-16-38(17-3-1)41-18-8-13-27-54(41)62(40-31-33-47-46-22-9-14-28-55(46)64-58(47)37-40)39-30-32-45-43-20-5-4-19-42(43)44-21-6-11-25-50(44)61(53(45)36-39)51-26-12-7-23-48(51)59-52(61)34-35-57-60(59)49-24-10-15-29-56(49)63-57/h1-37H. The van der Waals surface area contributed by atoms with E-state index < -0.39 is 5.41 Å². The molecule has 0 saturated heterocycles. The van der Waals surface area contributed by atoms with Gasteiger partial charge in [-0.25, -0.2) is 0 Å². The van der Waals surface area contributed by atoms with E-state index in [1.807, 2.05) is 6.07 Å². The van der Waals surface area contributed by atoms with Crippen LogP contribution in [-0.2, 0) is 5.41 Å². The summed E-state index contributed by atoms with van der Waals surface area (Å²) in [5, 5.41) is 4.50. The van der Waals surface area contributed by atoms with E-state index in [0.29, 0.717) is 0 Å². The third-order valence-electron chi connectivity index (χ3n) is 13.9. The first-order valence-electron chi connectivity index (χ1n) is 22.0. The Morgan fingerprint density at radius 2 is 0.859 bits per heavy atom. The molecular formula is C61H37NO2. The first kappa shape index (κ1) is 35.2. The van der Waals surface area contributed by atoms with Crippen molar-refractivity contribution in [3.8, 4) is 44.5 Å². The van der Waals surface area contributed by atoms with Crippen LogP contribution in [0.25, 0.3) is 88.4 Å². The van der Waals surface area contributed by atoms with Gasteiger partial charge in [0.25, 0.3) is 0 Å². The average Bonchev–Trinajstić information content (AvgIpc) is 4.00. The van der Waals surface area contributed by atoms with Crippen molar-refractivity contribution in [3.63, 3.8) is 0 Å². The second-order valence-electron chi connectivity index (χ2n) is 17.1. The Bertz CT molecular complexity index is 3870. The van der Waals surface area contributed by atoms with Gasteiger partial charge in [0.1, 0.15) is 22.3 Å². The van der Waals surface area contributed by atoms with Crippen LogP contribution in [0.1, 0.15) is 22.3 Å². The molecule has 3 heteroatoms. The first-order valence-corrected chi connectivity index (χ1v) is 22.0. The predicted octanol–water partition coefficient (Wildman–Crippen LogP) is 16.6. The van der Waals surface area contributed by atoms with E-state index in [-0.39, 0.29) is 0 Å². The third kappa shape index (κ3) is 4.76. The minimum atomic E-state index is -0.702. The maximum absolute atomic E-state index is 6.61. The molecule has 1 unspecified atom stereocenters. The van der Waals surface area contributed by atoms with Crippen LogP contribution in [0.5, 0.6) is 0 Å². The average molecular weight is 816 g/mol. The highest BCUT2D eigenvalue weighted by molar-refractivity contribution is 6.16. The van der Waals surface area contributed by atoms with Crippen molar-refractivity contribution in [2.45, 2.75) is 5.41 Å². The van der Waals surface area contributed by atoms with E-state index in [1.165, 1.54) is 55.6 Å². The fraction of sp³-hybridized carbons (Fsp3) is 0.0164. The Morgan fingerprint density at radius 3 is 1.66 bits per heavy atom. The monoisotopic (exact) mass is 815 g/mol. The van der Waals surface area contributed by atoms with Gasteiger partial charge in [-0.05, 0) is 110 Å². The van der Waals surface area contributed by atoms with Gasteiger partial charge in [-0.15, -0.1) is 0 Å². The van der Waals surface area contributed by atoms with Crippen LogP contribution in [0.3, 0.4) is 0 Å². The molecule has 2 aliphatic rings. The molecule has 2 aromatic heterocycles. The van der Waals surface area contributed by atoms with Gasteiger partial charge in [0.15, 0.2) is 0 Å². The molecule has 0 saturated carbocycles. The maximum atomic E-state index is 6.61. The Morgan fingerprint density at radius 1 is 0.312 bits per heavy atom. The molecule has 0 aliphatic heterocycles. The second-order valence-corrected chi connectivity index (χ2v) is 17.1. The topological polar surface area (TPSA) is 29.5 Å². The Balaban J connectivity index is 1.12. The minimum Gasteiger partial charge on any atom is -0.456 e. The van der Waals surface area contributed by atoms with Crippen LogP contribution in [0.4, 0.5) is 17.1 Å². The number of furan rings is 2. The molecule has 0 radical (unpaired) electrons. The summed E-state index contributed by atoms with van der Waals surface area (Å²) in [5.74, 6) is 0. The summed E-state index contributed by atoms with van der Waals surface area (Å²) in [5.41, 5.74) is 20.6. The number of hydrogen-bond acceptors (Lipinski definition) is 3. The van der Waals surface area contributed by atoms with Crippen LogP contribution < -0.4 is 4.90 Å². The van der Waals surface area contributed by atoms with Gasteiger partial charge in [0, 0.05) is 44.5 Å². The normalized spacial score (nSPS) is 14.6. The molecule has 3 nitrogen and oxygen atoms in total. The van der Waals surface area contributed by atoms with Crippen LogP contribution >= 0.6 is 0 Å². The SMILES string of the molecule is c1ccc(-c2ccccc2N(c2ccc3c(c2)C2(c4ccccc4-c4ccccc4-3)c3ccccc3-c3c2ccc2oc4ccccc4c32)c2ccc3c(c2)oc2ccccc23)cc1. The Kier molecular flexibility index (Phi) is 7.32. The number of para-hydroxylation sites is 3. The molecule has 2 heterocycles. The van der Waals surface area contributed by atoms with E-state index in [1.54, 1.807) is 0 Å². The zero-order valence-electron chi connectivity index (χ0n) is 34.6. The lowest BCUT2D eigenvalue weighted by atomic mass is 9.65. The van der Waals surface area contributed by atoms with Gasteiger partial charge in [-0.1, -0.05) is 170 Å². The fourth-order valence-corrected chi connectivity index (χ4v) is 11.3. The zero-order chi connectivity index (χ0) is 41.9. The van der Waals surface area contributed by atoms with E-state index >= 15 is 0 Å². The molecule has 2 aliphatic carbocycles. The van der Waals surface area contributed by atoms with Gasteiger partial charge in [-0.3, -0.25) is 0 Å². The molecule has 14 rings (SSSR count). The molecule has 0 N–H and O–H groups in total. The third-order valence-corrected chi connectivity index (χ3v) is 13.9. The van der Waals surface area contributed by atoms with Gasteiger partial charge < -0.3 is 13.7 Å². The number of rotatable bonds is 4. The van der Waals surface area contributed by atoms with Crippen molar-refractivity contribution in [1.82, 2.24) is 0 Å². The lowest BCUT2D eigenvalue weighted by Gasteiger charge is -2.36. The van der Waals surface area contributed by atoms with Crippen LogP contribution in [0.15, 0.2) is 233 Å². The highest BCUT2D eigenvalue weighted by Gasteiger charge is 2.50. The lowest BCUT2D eigenvalue weighted by Crippen LogP contribution is -2.29. The summed E-state index contributed by atoms with van der Waals surface area (Å²) in [6, 6.07) is 81.8. The summed E-state index contributed by atoms with van der Waals surface area (Å²) in [6.07, 6.45) is 0. The van der Waals surface area contributed by atoms with E-state index in [0.717, 1.165) is 72.1 Å². The molecule has 0 fully saturated rings. The van der Waals surface area contributed by atoms with Gasteiger partial charge in [0.2, 0.25) is 0 Å². The summed E-state index contributed by atoms with van der Waals surface area (Å²) in [4.78, 5) is 2.43. The van der Waals surface area contributed by atoms with Crippen molar-refractivity contribution in [2.75, 3.05) is 4.90 Å². The minimum absolute atomic E-state index is 0.702. The summed E-state index contributed by atoms with van der Waals surface area (Å²) < 4.78 is 13.2. The molecule has 298 valence electrons. The number of fused-ring (bicyclic) bond motifs is 19. The van der Waals surface area contributed by atoms with Crippen molar-refractivity contribution in [1.29, 1.82) is 0 Å². The lowest BCUT2D eigenvalue weighted by molar-refractivity contribution is 0.668. The Labute approximate surface area is 369 Å². The van der Waals surface area contributed by atoms with Crippen molar-refractivity contribution < 1.29 is 8.83 Å². The van der Waals surface area contributed by atoms with E-state index in [2.05, 4.69) is 223 Å².